The van der Waals surface area contributed by atoms with Gasteiger partial charge in [-0.15, -0.1) is 0 Å². The molecule has 1 aromatic heterocycles. The van der Waals surface area contributed by atoms with E-state index in [0.717, 1.165) is 5.56 Å². The molecule has 0 aliphatic carbocycles. The number of carbonyl (C=O) groups excluding carboxylic acids is 2. The summed E-state index contributed by atoms with van der Waals surface area (Å²) in [4.78, 5) is 44.2. The lowest BCUT2D eigenvalue weighted by Crippen LogP contribution is -2.40. The van der Waals surface area contributed by atoms with E-state index in [1.807, 2.05) is 37.3 Å². The van der Waals surface area contributed by atoms with Gasteiger partial charge in [0.05, 0.1) is 51.8 Å². The maximum atomic E-state index is 14.0. The van der Waals surface area contributed by atoms with Gasteiger partial charge in [-0.3, -0.25) is 9.36 Å². The average molecular weight is 721 g/mol. The number of allylic oxidation sites excluding steroid dienone is 1. The molecule has 12 heteroatoms. The van der Waals surface area contributed by atoms with Crippen LogP contribution in [0.2, 0.25) is 0 Å². The van der Waals surface area contributed by atoms with Crippen molar-refractivity contribution in [3.8, 4) is 17.2 Å². The molecule has 0 unspecified atom stereocenters. The van der Waals surface area contributed by atoms with Crippen LogP contribution < -0.4 is 29.1 Å². The second-order valence-electron chi connectivity index (χ2n) is 9.67. The third-order valence-corrected chi connectivity index (χ3v) is 8.06. The summed E-state index contributed by atoms with van der Waals surface area (Å²) in [5.74, 6) is 0.469. The SMILES string of the molecule is CCOC(=O)COc1c(I)cc(/C=c2/sc3n(c2=O)[C@@H](c2ccc(OCC)cc2)C(C(=O)OC(C)C)=C(C)N=3)cc1OC. The van der Waals surface area contributed by atoms with Crippen LogP contribution in [-0.2, 0) is 19.1 Å². The van der Waals surface area contributed by atoms with Crippen LogP contribution in [0.5, 0.6) is 17.2 Å². The van der Waals surface area contributed by atoms with E-state index >= 15 is 0 Å². The highest BCUT2D eigenvalue weighted by molar-refractivity contribution is 14.1. The molecule has 0 radical (unpaired) electrons. The lowest BCUT2D eigenvalue weighted by Gasteiger charge is -2.25. The number of hydrogen-bond acceptors (Lipinski definition) is 10. The number of halogens is 1. The van der Waals surface area contributed by atoms with Crippen LogP contribution in [0.15, 0.2) is 57.5 Å². The molecule has 10 nitrogen and oxygen atoms in total. The largest absolute Gasteiger partial charge is 0.494 e. The summed E-state index contributed by atoms with van der Waals surface area (Å²) in [6, 6.07) is 10.1. The van der Waals surface area contributed by atoms with Gasteiger partial charge in [-0.1, -0.05) is 23.5 Å². The van der Waals surface area contributed by atoms with E-state index < -0.39 is 18.0 Å². The zero-order chi connectivity index (χ0) is 31.3. The van der Waals surface area contributed by atoms with Gasteiger partial charge in [0, 0.05) is 0 Å². The fourth-order valence-corrected chi connectivity index (χ4v) is 6.36. The number of fused-ring (bicyclic) bond motifs is 1. The second-order valence-corrected chi connectivity index (χ2v) is 11.8. The Morgan fingerprint density at radius 1 is 1.12 bits per heavy atom. The van der Waals surface area contributed by atoms with Gasteiger partial charge in [0.2, 0.25) is 0 Å². The number of ether oxygens (including phenoxy) is 5. The zero-order valence-electron chi connectivity index (χ0n) is 24.8. The molecule has 4 rings (SSSR count). The lowest BCUT2D eigenvalue weighted by molar-refractivity contribution is -0.145. The summed E-state index contributed by atoms with van der Waals surface area (Å²) in [7, 11) is 1.50. The van der Waals surface area contributed by atoms with Crippen molar-refractivity contribution in [3.63, 3.8) is 0 Å². The standard InChI is InChI=1S/C31H33IN2O8S/c1-7-39-21-11-9-20(10-12-21)27-26(30(37)42-17(3)4)18(5)33-31-34(27)29(36)24(43-31)15-19-13-22(32)28(23(14-19)38-6)41-16-25(35)40-8-2/h9-15,17,27H,7-8,16H2,1-6H3/b24-15+/t27-/m0/s1. The molecule has 1 atom stereocenters. The van der Waals surface area contributed by atoms with Gasteiger partial charge < -0.3 is 23.7 Å². The molecule has 0 bridgehead atoms. The predicted molar refractivity (Wildman–Crippen MR) is 170 cm³/mol. The highest BCUT2D eigenvalue weighted by atomic mass is 127. The average Bonchev–Trinajstić information content (AvgIpc) is 3.25. The molecule has 1 aliphatic rings. The first-order valence-electron chi connectivity index (χ1n) is 13.7. The molecule has 3 aromatic rings. The number of benzene rings is 2. The molecular formula is C31H33IN2O8S. The molecule has 2 aromatic carbocycles. The van der Waals surface area contributed by atoms with E-state index in [4.69, 9.17) is 23.7 Å². The monoisotopic (exact) mass is 720 g/mol. The molecule has 1 aliphatic heterocycles. The molecule has 0 fully saturated rings. The topological polar surface area (TPSA) is 115 Å². The van der Waals surface area contributed by atoms with Gasteiger partial charge in [0.25, 0.3) is 5.56 Å². The summed E-state index contributed by atoms with van der Waals surface area (Å²) >= 11 is 3.31. The minimum absolute atomic E-state index is 0.256. The van der Waals surface area contributed by atoms with Gasteiger partial charge in [0.15, 0.2) is 22.9 Å². The Kier molecular flexibility index (Phi) is 10.7. The maximum Gasteiger partial charge on any atom is 0.344 e. The fraction of sp³-hybridized carbons (Fsp3) is 0.355. The number of aromatic nitrogens is 1. The summed E-state index contributed by atoms with van der Waals surface area (Å²) in [5, 5.41) is 0. The number of thiazole rings is 1. The van der Waals surface area contributed by atoms with E-state index in [9.17, 15) is 14.4 Å². The van der Waals surface area contributed by atoms with E-state index in [0.29, 0.717) is 53.6 Å². The normalized spacial score (nSPS) is 14.7. The quantitative estimate of drug-likeness (QED) is 0.215. The molecule has 0 saturated carbocycles. The Morgan fingerprint density at radius 2 is 1.84 bits per heavy atom. The van der Waals surface area contributed by atoms with Crippen molar-refractivity contribution in [1.29, 1.82) is 0 Å². The summed E-state index contributed by atoms with van der Waals surface area (Å²) in [5.41, 5.74) is 1.89. The van der Waals surface area contributed by atoms with Crippen molar-refractivity contribution in [2.75, 3.05) is 26.9 Å². The lowest BCUT2D eigenvalue weighted by atomic mass is 9.96. The van der Waals surface area contributed by atoms with Crippen LogP contribution >= 0.6 is 33.9 Å². The van der Waals surface area contributed by atoms with E-state index in [-0.39, 0.29) is 24.9 Å². The van der Waals surface area contributed by atoms with E-state index in [1.165, 1.54) is 23.0 Å². The number of hydrogen-bond donors (Lipinski definition) is 0. The Balaban J connectivity index is 1.82. The van der Waals surface area contributed by atoms with Crippen molar-refractivity contribution in [2.24, 2.45) is 4.99 Å². The van der Waals surface area contributed by atoms with Gasteiger partial charge >= 0.3 is 11.9 Å². The molecule has 0 spiro atoms. The molecule has 43 heavy (non-hydrogen) atoms. The number of rotatable bonds is 11. The maximum absolute atomic E-state index is 14.0. The fourth-order valence-electron chi connectivity index (χ4n) is 4.54. The van der Waals surface area contributed by atoms with Crippen LogP contribution in [0.3, 0.4) is 0 Å². The Labute approximate surface area is 266 Å². The Bertz CT molecular complexity index is 1720. The molecule has 0 amide bonds. The number of nitrogens with zero attached hydrogens (tertiary/aromatic N) is 2. The first-order chi connectivity index (χ1) is 20.6. The molecular weight excluding hydrogens is 687 g/mol. The van der Waals surface area contributed by atoms with Crippen LogP contribution in [0.1, 0.15) is 51.8 Å². The molecule has 0 saturated heterocycles. The van der Waals surface area contributed by atoms with Gasteiger partial charge in [0.1, 0.15) is 5.75 Å². The smallest absolute Gasteiger partial charge is 0.344 e. The predicted octanol–water partition coefficient (Wildman–Crippen LogP) is 4.14. The van der Waals surface area contributed by atoms with Crippen LogP contribution in [-0.4, -0.2) is 49.5 Å². The van der Waals surface area contributed by atoms with Crippen molar-refractivity contribution in [3.05, 3.63) is 82.1 Å². The number of carbonyl (C=O) groups is 2. The minimum Gasteiger partial charge on any atom is -0.494 e. The van der Waals surface area contributed by atoms with Crippen LogP contribution in [0.25, 0.3) is 6.08 Å². The Morgan fingerprint density at radius 3 is 2.47 bits per heavy atom. The van der Waals surface area contributed by atoms with Gasteiger partial charge in [-0.2, -0.15) is 0 Å². The first-order valence-corrected chi connectivity index (χ1v) is 15.6. The van der Waals surface area contributed by atoms with Crippen LogP contribution in [0.4, 0.5) is 0 Å². The van der Waals surface area contributed by atoms with Crippen molar-refractivity contribution in [2.45, 2.75) is 46.8 Å². The minimum atomic E-state index is -0.742. The van der Waals surface area contributed by atoms with Gasteiger partial charge in [-0.25, -0.2) is 14.6 Å². The summed E-state index contributed by atoms with van der Waals surface area (Å²) in [6.45, 7) is 9.44. The highest BCUT2D eigenvalue weighted by Crippen LogP contribution is 2.35. The summed E-state index contributed by atoms with van der Waals surface area (Å²) in [6.07, 6.45) is 1.39. The van der Waals surface area contributed by atoms with Crippen molar-refractivity contribution < 1.29 is 33.3 Å². The van der Waals surface area contributed by atoms with Gasteiger partial charge in [-0.05, 0) is 98.7 Å². The van der Waals surface area contributed by atoms with E-state index in [2.05, 4.69) is 27.6 Å². The number of esters is 2. The third-order valence-electron chi connectivity index (χ3n) is 6.28. The van der Waals surface area contributed by atoms with E-state index in [1.54, 1.807) is 39.8 Å². The molecule has 228 valence electrons. The third kappa shape index (κ3) is 7.29. The molecule has 0 N–H and O–H groups in total. The number of methoxy groups -OCH3 is 1. The second kappa shape index (κ2) is 14.2. The highest BCUT2D eigenvalue weighted by Gasteiger charge is 2.34. The van der Waals surface area contributed by atoms with Crippen molar-refractivity contribution >= 4 is 51.9 Å². The zero-order valence-corrected chi connectivity index (χ0v) is 27.7. The Hall–Kier alpha value is -3.65. The molecule has 2 heterocycles. The van der Waals surface area contributed by atoms with Crippen molar-refractivity contribution in [1.82, 2.24) is 4.57 Å². The summed E-state index contributed by atoms with van der Waals surface area (Å²) < 4.78 is 29.9. The van der Waals surface area contributed by atoms with Crippen LogP contribution in [0, 0.1) is 3.57 Å². The first kappa shape index (κ1) is 32.3.